The zero-order valence-electron chi connectivity index (χ0n) is 20.3. The minimum absolute atomic E-state index is 0.00426. The van der Waals surface area contributed by atoms with E-state index in [2.05, 4.69) is 16.2 Å². The smallest absolute Gasteiger partial charge is 0.313 e. The molecule has 8 nitrogen and oxygen atoms in total. The van der Waals surface area contributed by atoms with Crippen LogP contribution in [-0.2, 0) is 19.1 Å². The van der Waals surface area contributed by atoms with E-state index in [1.54, 1.807) is 48.5 Å². The molecule has 1 aliphatic heterocycles. The second-order valence-electron chi connectivity index (χ2n) is 11.2. The molecule has 1 aliphatic carbocycles. The first-order chi connectivity index (χ1) is 15.0. The molecule has 1 saturated carbocycles. The van der Waals surface area contributed by atoms with Crippen molar-refractivity contribution in [1.29, 1.82) is 0 Å². The molecule has 1 aromatic carbocycles. The highest BCUT2D eigenvalue weighted by molar-refractivity contribution is 7.80. The van der Waals surface area contributed by atoms with Gasteiger partial charge in [-0.1, -0.05) is 30.3 Å². The summed E-state index contributed by atoms with van der Waals surface area (Å²) in [7, 11) is 0. The molecular weight excluding hydrogens is 442 g/mol. The number of rotatable bonds is 3. The monoisotopic (exact) mass is 477 g/mol. The van der Waals surface area contributed by atoms with Gasteiger partial charge < -0.3 is 19.9 Å². The van der Waals surface area contributed by atoms with Gasteiger partial charge in [0.1, 0.15) is 22.8 Å². The van der Waals surface area contributed by atoms with Crippen molar-refractivity contribution < 1.29 is 24.2 Å². The number of thiocarbonyl (C=S) groups is 1. The molecule has 0 radical (unpaired) electrons. The summed E-state index contributed by atoms with van der Waals surface area (Å²) in [6.45, 7) is 12.3. The molecule has 2 aliphatic rings. The number of esters is 2. The standard InChI is InChI=1S/C24H35N3O5S/c1-21(2,3)31-18(28)16-15(14-11-9-8-10-12-14)17(19(29)32-22(4,5)6)24(13-23(16,7)30)25-20(33)26-27-24/h8-12,15-17,27,30H,13H2,1-7H3,(H2,25,26,33). The molecule has 1 aromatic rings. The van der Waals surface area contributed by atoms with Crippen LogP contribution in [0.3, 0.4) is 0 Å². The topological polar surface area (TPSA) is 109 Å². The largest absolute Gasteiger partial charge is 0.460 e. The summed E-state index contributed by atoms with van der Waals surface area (Å²) >= 11 is 5.29. The third-order valence-electron chi connectivity index (χ3n) is 5.80. The van der Waals surface area contributed by atoms with Crippen molar-refractivity contribution in [1.82, 2.24) is 16.2 Å². The summed E-state index contributed by atoms with van der Waals surface area (Å²) in [5.74, 6) is -3.78. The minimum atomic E-state index is -1.54. The van der Waals surface area contributed by atoms with Crippen molar-refractivity contribution in [2.75, 3.05) is 0 Å². The lowest BCUT2D eigenvalue weighted by Crippen LogP contribution is -2.70. The van der Waals surface area contributed by atoms with Gasteiger partial charge in [-0.15, -0.1) is 0 Å². The Balaban J connectivity index is 2.21. The maximum atomic E-state index is 13.7. The number of hydrogen-bond acceptors (Lipinski definition) is 7. The number of aliphatic hydroxyl groups is 1. The van der Waals surface area contributed by atoms with Gasteiger partial charge in [0.05, 0.1) is 11.5 Å². The van der Waals surface area contributed by atoms with Crippen molar-refractivity contribution in [2.45, 2.75) is 83.3 Å². The molecule has 4 N–H and O–H groups in total. The molecule has 9 heteroatoms. The minimum Gasteiger partial charge on any atom is -0.460 e. The Morgan fingerprint density at radius 2 is 1.52 bits per heavy atom. The van der Waals surface area contributed by atoms with Crippen molar-refractivity contribution in [3.8, 4) is 0 Å². The van der Waals surface area contributed by atoms with E-state index in [9.17, 15) is 14.7 Å². The normalized spacial score (nSPS) is 32.1. The van der Waals surface area contributed by atoms with Gasteiger partial charge >= 0.3 is 11.9 Å². The van der Waals surface area contributed by atoms with Crippen LogP contribution in [0.5, 0.6) is 0 Å². The lowest BCUT2D eigenvalue weighted by Gasteiger charge is -2.53. The number of nitrogens with one attached hydrogen (secondary N) is 3. The highest BCUT2D eigenvalue weighted by Gasteiger charge is 2.65. The van der Waals surface area contributed by atoms with E-state index in [0.29, 0.717) is 10.7 Å². The second-order valence-corrected chi connectivity index (χ2v) is 11.6. The van der Waals surface area contributed by atoms with Gasteiger partial charge in [0.2, 0.25) is 0 Å². The van der Waals surface area contributed by atoms with Crippen LogP contribution >= 0.6 is 12.2 Å². The van der Waals surface area contributed by atoms with Crippen LogP contribution in [0, 0.1) is 11.8 Å². The quantitative estimate of drug-likeness (QED) is 0.386. The van der Waals surface area contributed by atoms with E-state index in [1.807, 2.05) is 30.3 Å². The molecule has 3 rings (SSSR count). The Morgan fingerprint density at radius 3 is 1.97 bits per heavy atom. The molecule has 0 amide bonds. The van der Waals surface area contributed by atoms with Gasteiger partial charge in [-0.25, -0.2) is 5.43 Å². The van der Waals surface area contributed by atoms with Gasteiger partial charge in [-0.2, -0.15) is 0 Å². The molecule has 5 atom stereocenters. The SMILES string of the molecule is CC(C)(C)OC(=O)C1C(c2ccccc2)C(C(=O)OC(C)(C)C)C2(CC1(C)O)NNC(=S)N2. The highest BCUT2D eigenvalue weighted by Crippen LogP contribution is 2.52. The average molecular weight is 478 g/mol. The number of carbonyl (C=O) groups is 2. The summed E-state index contributed by atoms with van der Waals surface area (Å²) in [5.41, 5.74) is 2.41. The van der Waals surface area contributed by atoms with Crippen molar-refractivity contribution in [2.24, 2.45) is 11.8 Å². The summed E-state index contributed by atoms with van der Waals surface area (Å²) in [5, 5.41) is 15.1. The molecule has 1 spiro atoms. The summed E-state index contributed by atoms with van der Waals surface area (Å²) in [6, 6.07) is 9.21. The fraction of sp³-hybridized carbons (Fsp3) is 0.625. The third kappa shape index (κ3) is 5.47. The maximum absolute atomic E-state index is 13.7. The Hall–Kier alpha value is -2.23. The first-order valence-electron chi connectivity index (χ1n) is 11.1. The van der Waals surface area contributed by atoms with Crippen molar-refractivity contribution >= 4 is 29.3 Å². The lowest BCUT2D eigenvalue weighted by atomic mass is 9.58. The van der Waals surface area contributed by atoms with Crippen LogP contribution in [0.1, 0.15) is 66.4 Å². The third-order valence-corrected chi connectivity index (χ3v) is 6.00. The number of benzene rings is 1. The molecule has 1 heterocycles. The van der Waals surface area contributed by atoms with E-state index in [4.69, 9.17) is 21.7 Å². The summed E-state index contributed by atoms with van der Waals surface area (Å²) in [4.78, 5) is 27.2. The van der Waals surface area contributed by atoms with Gasteiger partial charge in [0, 0.05) is 12.3 Å². The van der Waals surface area contributed by atoms with Gasteiger partial charge in [0.15, 0.2) is 5.11 Å². The molecule has 0 bridgehead atoms. The van der Waals surface area contributed by atoms with Gasteiger partial charge in [-0.3, -0.25) is 15.0 Å². The molecule has 0 aromatic heterocycles. The van der Waals surface area contributed by atoms with Crippen molar-refractivity contribution in [3.05, 3.63) is 35.9 Å². The van der Waals surface area contributed by atoms with Crippen LogP contribution in [-0.4, -0.2) is 44.6 Å². The summed E-state index contributed by atoms with van der Waals surface area (Å²) < 4.78 is 11.6. The second kappa shape index (κ2) is 8.52. The summed E-state index contributed by atoms with van der Waals surface area (Å²) in [6.07, 6.45) is 0.00426. The average Bonchev–Trinajstić information content (AvgIpc) is 2.98. The molecule has 33 heavy (non-hydrogen) atoms. The highest BCUT2D eigenvalue weighted by atomic mass is 32.1. The van der Waals surface area contributed by atoms with Gasteiger partial charge in [-0.05, 0) is 66.2 Å². The van der Waals surface area contributed by atoms with E-state index in [-0.39, 0.29) is 6.42 Å². The van der Waals surface area contributed by atoms with Crippen molar-refractivity contribution in [3.63, 3.8) is 0 Å². The van der Waals surface area contributed by atoms with Crippen LogP contribution in [0.15, 0.2) is 30.3 Å². The van der Waals surface area contributed by atoms with Crippen LogP contribution < -0.4 is 16.2 Å². The Morgan fingerprint density at radius 1 is 1.00 bits per heavy atom. The van der Waals surface area contributed by atoms with E-state index >= 15 is 0 Å². The number of carbonyl (C=O) groups excluding carboxylic acids is 2. The Kier molecular flexibility index (Phi) is 6.56. The lowest BCUT2D eigenvalue weighted by molar-refractivity contribution is -0.190. The first kappa shape index (κ1) is 25.4. The molecule has 182 valence electrons. The Bertz CT molecular complexity index is 922. The van der Waals surface area contributed by atoms with Gasteiger partial charge in [0.25, 0.3) is 0 Å². The zero-order valence-corrected chi connectivity index (χ0v) is 21.1. The van der Waals surface area contributed by atoms with E-state index in [0.717, 1.165) is 0 Å². The fourth-order valence-electron chi connectivity index (χ4n) is 4.89. The van der Waals surface area contributed by atoms with E-state index < -0.39 is 52.2 Å². The first-order valence-corrected chi connectivity index (χ1v) is 11.5. The zero-order chi connectivity index (χ0) is 24.8. The van der Waals surface area contributed by atoms with Crippen LogP contribution in [0.25, 0.3) is 0 Å². The molecule has 5 unspecified atom stereocenters. The predicted octanol–water partition coefficient (Wildman–Crippen LogP) is 2.52. The predicted molar refractivity (Wildman–Crippen MR) is 128 cm³/mol. The molecule has 2 fully saturated rings. The fourth-order valence-corrected chi connectivity index (χ4v) is 5.12. The Labute approximate surface area is 200 Å². The number of hydrazine groups is 1. The number of ether oxygens (including phenoxy) is 2. The molecular formula is C24H35N3O5S. The van der Waals surface area contributed by atoms with E-state index in [1.165, 1.54) is 0 Å². The van der Waals surface area contributed by atoms with Crippen LogP contribution in [0.4, 0.5) is 0 Å². The maximum Gasteiger partial charge on any atom is 0.313 e. The number of hydrogen-bond donors (Lipinski definition) is 4. The van der Waals surface area contributed by atoms with Crippen LogP contribution in [0.2, 0.25) is 0 Å². The molecule has 1 saturated heterocycles.